The maximum Gasteiger partial charge on any atom is 0.246 e. The molecule has 0 aromatic carbocycles. The van der Waals surface area contributed by atoms with Crippen molar-refractivity contribution >= 4 is 10.0 Å². The maximum atomic E-state index is 12.6. The largest absolute Gasteiger partial charge is 0.464 e. The zero-order chi connectivity index (χ0) is 13.6. The Balaban J connectivity index is 1.91. The van der Waals surface area contributed by atoms with Gasteiger partial charge in [-0.25, -0.2) is 8.42 Å². The van der Waals surface area contributed by atoms with Crippen LogP contribution < -0.4 is 5.73 Å². The predicted molar refractivity (Wildman–Crippen MR) is 68.0 cm³/mol. The molecule has 0 saturated carbocycles. The Morgan fingerprint density at radius 3 is 2.53 bits per heavy atom. The zero-order valence-corrected chi connectivity index (χ0v) is 11.6. The third-order valence-electron chi connectivity index (χ3n) is 3.75. The molecule has 106 valence electrons. The lowest BCUT2D eigenvalue weighted by atomic mass is 10.2. The molecule has 3 heterocycles. The highest BCUT2D eigenvalue weighted by Gasteiger charge is 2.40. The van der Waals surface area contributed by atoms with Gasteiger partial charge in [0, 0.05) is 19.2 Å². The van der Waals surface area contributed by atoms with E-state index < -0.39 is 10.0 Å². The Morgan fingerprint density at radius 1 is 1.37 bits per heavy atom. The number of sulfonamides is 1. The van der Waals surface area contributed by atoms with E-state index in [1.54, 1.807) is 6.92 Å². The number of ether oxygens (including phenoxy) is 1. The number of rotatable bonds is 3. The van der Waals surface area contributed by atoms with E-state index in [1.165, 1.54) is 10.4 Å². The molecule has 2 atom stereocenters. The van der Waals surface area contributed by atoms with Crippen molar-refractivity contribution in [3.05, 3.63) is 17.6 Å². The molecule has 2 bridgehead atoms. The first kappa shape index (κ1) is 13.1. The van der Waals surface area contributed by atoms with Gasteiger partial charge in [-0.1, -0.05) is 0 Å². The molecule has 2 N–H and O–H groups in total. The smallest absolute Gasteiger partial charge is 0.246 e. The van der Waals surface area contributed by atoms with Gasteiger partial charge in [0.1, 0.15) is 16.4 Å². The minimum Gasteiger partial charge on any atom is -0.464 e. The summed E-state index contributed by atoms with van der Waals surface area (Å²) in [6.45, 7) is 2.72. The van der Waals surface area contributed by atoms with Crippen LogP contribution in [0.3, 0.4) is 0 Å². The summed E-state index contributed by atoms with van der Waals surface area (Å²) in [7, 11) is -3.50. The third-order valence-corrected chi connectivity index (χ3v) is 5.69. The number of fused-ring (bicyclic) bond motifs is 2. The Labute approximate surface area is 112 Å². The quantitative estimate of drug-likeness (QED) is 0.879. The second kappa shape index (κ2) is 4.59. The highest BCUT2D eigenvalue weighted by molar-refractivity contribution is 7.89. The number of furan rings is 1. The van der Waals surface area contributed by atoms with Gasteiger partial charge in [0.05, 0.1) is 18.8 Å². The minimum atomic E-state index is -3.50. The van der Waals surface area contributed by atoms with Crippen LogP contribution in [0.25, 0.3) is 0 Å². The summed E-state index contributed by atoms with van der Waals surface area (Å²) < 4.78 is 37.8. The summed E-state index contributed by atoms with van der Waals surface area (Å²) in [5.41, 5.74) is 5.49. The fourth-order valence-electron chi connectivity index (χ4n) is 2.79. The van der Waals surface area contributed by atoms with Gasteiger partial charge in [-0.05, 0) is 19.8 Å². The zero-order valence-electron chi connectivity index (χ0n) is 10.8. The van der Waals surface area contributed by atoms with E-state index in [0.29, 0.717) is 24.6 Å². The predicted octanol–water partition coefficient (Wildman–Crippen LogP) is 0.599. The molecule has 19 heavy (non-hydrogen) atoms. The lowest BCUT2D eigenvalue weighted by Gasteiger charge is -2.30. The lowest BCUT2D eigenvalue weighted by Crippen LogP contribution is -2.45. The highest BCUT2D eigenvalue weighted by atomic mass is 32.2. The summed E-state index contributed by atoms with van der Waals surface area (Å²) in [5, 5.41) is 0. The van der Waals surface area contributed by atoms with Crippen LogP contribution in [0.5, 0.6) is 0 Å². The molecule has 0 amide bonds. The van der Waals surface area contributed by atoms with E-state index >= 15 is 0 Å². The highest BCUT2D eigenvalue weighted by Crippen LogP contribution is 2.31. The van der Waals surface area contributed by atoms with Gasteiger partial charge < -0.3 is 14.9 Å². The third kappa shape index (κ3) is 2.20. The molecule has 6 nitrogen and oxygen atoms in total. The molecule has 2 fully saturated rings. The van der Waals surface area contributed by atoms with E-state index in [9.17, 15) is 8.42 Å². The molecular formula is C12H18N2O4S. The van der Waals surface area contributed by atoms with Crippen molar-refractivity contribution in [3.8, 4) is 0 Å². The van der Waals surface area contributed by atoms with Crippen LogP contribution in [0.2, 0.25) is 0 Å². The second-order valence-corrected chi connectivity index (χ2v) is 7.02. The Morgan fingerprint density at radius 2 is 2.00 bits per heavy atom. The Kier molecular flexibility index (Phi) is 3.17. The van der Waals surface area contributed by atoms with Gasteiger partial charge in [-0.3, -0.25) is 0 Å². The molecule has 2 saturated heterocycles. The van der Waals surface area contributed by atoms with Crippen molar-refractivity contribution in [2.24, 2.45) is 5.73 Å². The first-order valence-corrected chi connectivity index (χ1v) is 7.89. The van der Waals surface area contributed by atoms with Crippen LogP contribution in [0.15, 0.2) is 15.4 Å². The average molecular weight is 286 g/mol. The Hall–Kier alpha value is -0.890. The van der Waals surface area contributed by atoms with E-state index in [0.717, 1.165) is 12.8 Å². The summed E-state index contributed by atoms with van der Waals surface area (Å²) in [5.74, 6) is 0.895. The molecule has 2 aliphatic heterocycles. The second-order valence-electron chi connectivity index (χ2n) is 5.12. The van der Waals surface area contributed by atoms with Crippen molar-refractivity contribution in [3.63, 3.8) is 0 Å². The van der Waals surface area contributed by atoms with E-state index in [1.807, 2.05) is 0 Å². The van der Waals surface area contributed by atoms with Crippen LogP contribution in [0.1, 0.15) is 24.4 Å². The summed E-state index contributed by atoms with van der Waals surface area (Å²) >= 11 is 0. The molecular weight excluding hydrogens is 268 g/mol. The minimum absolute atomic E-state index is 0.0368. The molecule has 0 aliphatic carbocycles. The van der Waals surface area contributed by atoms with Crippen LogP contribution in [-0.2, 0) is 21.3 Å². The first-order chi connectivity index (χ1) is 9.00. The van der Waals surface area contributed by atoms with Gasteiger partial charge in [0.2, 0.25) is 10.0 Å². The number of hydrogen-bond acceptors (Lipinski definition) is 5. The fraction of sp³-hybridized carbons (Fsp3) is 0.667. The van der Waals surface area contributed by atoms with Gasteiger partial charge in [-0.2, -0.15) is 4.31 Å². The maximum absolute atomic E-state index is 12.6. The van der Waals surface area contributed by atoms with Crippen LogP contribution >= 0.6 is 0 Å². The molecule has 1 aromatic rings. The molecule has 1 aromatic heterocycles. The number of morpholine rings is 1. The van der Waals surface area contributed by atoms with Crippen LogP contribution in [0, 0.1) is 6.92 Å². The summed E-state index contributed by atoms with van der Waals surface area (Å²) in [4.78, 5) is 0.231. The number of nitrogens with two attached hydrogens (primary N) is 1. The van der Waals surface area contributed by atoms with E-state index in [-0.39, 0.29) is 23.6 Å². The number of nitrogens with zero attached hydrogens (tertiary/aromatic N) is 1. The SMILES string of the molecule is Cc1oc(CN)cc1S(=O)(=O)N1CC2CCC(C1)O2. The number of aryl methyl sites for hydroxylation is 1. The Bertz CT molecular complexity index is 569. The van der Waals surface area contributed by atoms with Gasteiger partial charge in [0.25, 0.3) is 0 Å². The lowest BCUT2D eigenvalue weighted by molar-refractivity contribution is -0.0114. The number of hydrogen-bond donors (Lipinski definition) is 1. The van der Waals surface area contributed by atoms with E-state index in [4.69, 9.17) is 14.9 Å². The van der Waals surface area contributed by atoms with Crippen LogP contribution in [0.4, 0.5) is 0 Å². The standard InChI is InChI=1S/C12H18N2O4S/c1-8-12(4-11(5-13)17-8)19(15,16)14-6-9-2-3-10(7-14)18-9/h4,9-10H,2-3,5-7,13H2,1H3. The fourth-order valence-corrected chi connectivity index (χ4v) is 4.48. The molecule has 3 rings (SSSR count). The summed E-state index contributed by atoms with van der Waals surface area (Å²) in [6.07, 6.45) is 1.95. The van der Waals surface area contributed by atoms with Gasteiger partial charge >= 0.3 is 0 Å². The molecule has 7 heteroatoms. The first-order valence-electron chi connectivity index (χ1n) is 6.45. The average Bonchev–Trinajstić information content (AvgIpc) is 2.92. The normalized spacial score (nSPS) is 27.9. The van der Waals surface area contributed by atoms with Crippen LogP contribution in [-0.4, -0.2) is 38.0 Å². The molecule has 2 aliphatic rings. The van der Waals surface area contributed by atoms with Crippen molar-refractivity contribution in [2.75, 3.05) is 13.1 Å². The van der Waals surface area contributed by atoms with Gasteiger partial charge in [0.15, 0.2) is 0 Å². The van der Waals surface area contributed by atoms with Gasteiger partial charge in [-0.15, -0.1) is 0 Å². The van der Waals surface area contributed by atoms with E-state index in [2.05, 4.69) is 0 Å². The topological polar surface area (TPSA) is 85.8 Å². The van der Waals surface area contributed by atoms with Crippen molar-refractivity contribution in [2.45, 2.75) is 43.4 Å². The molecule has 0 radical (unpaired) electrons. The van der Waals surface area contributed by atoms with Crippen molar-refractivity contribution in [1.29, 1.82) is 0 Å². The summed E-state index contributed by atoms with van der Waals surface area (Å²) in [6, 6.07) is 1.53. The monoisotopic (exact) mass is 286 g/mol. The molecule has 2 unspecified atom stereocenters. The molecule has 0 spiro atoms. The van der Waals surface area contributed by atoms with Crippen molar-refractivity contribution < 1.29 is 17.6 Å². The van der Waals surface area contributed by atoms with Crippen molar-refractivity contribution in [1.82, 2.24) is 4.31 Å².